The lowest BCUT2D eigenvalue weighted by atomic mass is 10.1. The van der Waals surface area contributed by atoms with Crippen molar-refractivity contribution in [2.75, 3.05) is 0 Å². The Balaban J connectivity index is 2.25. The molecular weight excluding hydrogens is 231 g/mol. The van der Waals surface area contributed by atoms with E-state index in [2.05, 4.69) is 17.1 Å². The molecule has 0 unspecified atom stereocenters. The number of rotatable bonds is 5. The Morgan fingerprint density at radius 1 is 1.28 bits per heavy atom. The summed E-state index contributed by atoms with van der Waals surface area (Å²) in [6.45, 7) is 3.30. The molecule has 0 saturated carbocycles. The van der Waals surface area contributed by atoms with Gasteiger partial charge < -0.3 is 10.3 Å². The Morgan fingerprint density at radius 3 is 2.72 bits per heavy atom. The zero-order valence-electron chi connectivity index (χ0n) is 10.4. The molecule has 1 aromatic carbocycles. The molecule has 1 aromatic heterocycles. The quantitative estimate of drug-likeness (QED) is 0.879. The molecular formula is C13H17FN4. The van der Waals surface area contributed by atoms with Crippen LogP contribution in [0.5, 0.6) is 0 Å². The van der Waals surface area contributed by atoms with Gasteiger partial charge in [0.2, 0.25) is 0 Å². The average Bonchev–Trinajstić information content (AvgIpc) is 2.72. The zero-order chi connectivity index (χ0) is 13.0. The van der Waals surface area contributed by atoms with Crippen molar-refractivity contribution in [3.05, 3.63) is 47.3 Å². The first kappa shape index (κ1) is 12.7. The lowest BCUT2D eigenvalue weighted by Gasteiger charge is -2.08. The largest absolute Gasteiger partial charge is 0.324 e. The minimum absolute atomic E-state index is 0.229. The summed E-state index contributed by atoms with van der Waals surface area (Å²) in [5, 5.41) is 8.21. The van der Waals surface area contributed by atoms with E-state index < -0.39 is 0 Å². The molecule has 4 nitrogen and oxygen atoms in total. The molecule has 5 heteroatoms. The highest BCUT2D eigenvalue weighted by Gasteiger charge is 2.10. The Labute approximate surface area is 106 Å². The molecule has 0 aliphatic carbocycles. The Hall–Kier alpha value is -1.75. The molecule has 2 aromatic rings. The molecule has 0 atom stereocenters. The maximum Gasteiger partial charge on any atom is 0.146 e. The van der Waals surface area contributed by atoms with Gasteiger partial charge in [-0.1, -0.05) is 19.1 Å². The first-order valence-electron chi connectivity index (χ1n) is 6.10. The first-order chi connectivity index (χ1) is 8.74. The number of hydrogen-bond acceptors (Lipinski definition) is 3. The van der Waals surface area contributed by atoms with Crippen molar-refractivity contribution in [2.45, 2.75) is 32.9 Å². The standard InChI is InChI=1S/C13H17FN4/c1-2-6-18-12(16-17-13(18)9-15)8-10-4-3-5-11(14)7-10/h3-5,7H,2,6,8-9,15H2,1H3. The second kappa shape index (κ2) is 5.73. The van der Waals surface area contributed by atoms with Gasteiger partial charge >= 0.3 is 0 Å². The fourth-order valence-corrected chi connectivity index (χ4v) is 1.97. The van der Waals surface area contributed by atoms with E-state index in [1.807, 2.05) is 10.6 Å². The molecule has 0 aliphatic heterocycles. The number of nitrogens with two attached hydrogens (primary N) is 1. The van der Waals surface area contributed by atoms with E-state index in [0.717, 1.165) is 30.2 Å². The molecule has 0 aliphatic rings. The predicted molar refractivity (Wildman–Crippen MR) is 67.4 cm³/mol. The number of nitrogens with zero attached hydrogens (tertiary/aromatic N) is 3. The highest BCUT2D eigenvalue weighted by atomic mass is 19.1. The van der Waals surface area contributed by atoms with Gasteiger partial charge in [-0.15, -0.1) is 10.2 Å². The van der Waals surface area contributed by atoms with Crippen molar-refractivity contribution in [3.63, 3.8) is 0 Å². The fourth-order valence-electron chi connectivity index (χ4n) is 1.97. The van der Waals surface area contributed by atoms with Gasteiger partial charge in [-0.25, -0.2) is 4.39 Å². The highest BCUT2D eigenvalue weighted by molar-refractivity contribution is 5.20. The molecule has 2 rings (SSSR count). The Morgan fingerprint density at radius 2 is 2.06 bits per heavy atom. The van der Waals surface area contributed by atoms with E-state index in [9.17, 15) is 4.39 Å². The fraction of sp³-hybridized carbons (Fsp3) is 0.385. The summed E-state index contributed by atoms with van der Waals surface area (Å²) >= 11 is 0. The Kier molecular flexibility index (Phi) is 4.04. The monoisotopic (exact) mass is 248 g/mol. The number of aromatic nitrogens is 3. The van der Waals surface area contributed by atoms with Gasteiger partial charge in [0.05, 0.1) is 6.54 Å². The molecule has 0 bridgehead atoms. The van der Waals surface area contributed by atoms with Crippen LogP contribution in [0.3, 0.4) is 0 Å². The van der Waals surface area contributed by atoms with Crippen LogP contribution in [0.4, 0.5) is 4.39 Å². The van der Waals surface area contributed by atoms with Gasteiger partial charge in [-0.3, -0.25) is 0 Å². The van der Waals surface area contributed by atoms with Crippen molar-refractivity contribution in [3.8, 4) is 0 Å². The van der Waals surface area contributed by atoms with E-state index in [1.165, 1.54) is 12.1 Å². The summed E-state index contributed by atoms with van der Waals surface area (Å²) in [6.07, 6.45) is 1.56. The summed E-state index contributed by atoms with van der Waals surface area (Å²) in [5.74, 6) is 1.39. The minimum atomic E-state index is -0.229. The minimum Gasteiger partial charge on any atom is -0.324 e. The zero-order valence-corrected chi connectivity index (χ0v) is 10.4. The van der Waals surface area contributed by atoms with E-state index in [0.29, 0.717) is 13.0 Å². The Bertz CT molecular complexity index is 521. The molecule has 0 radical (unpaired) electrons. The van der Waals surface area contributed by atoms with Gasteiger partial charge in [0.15, 0.2) is 0 Å². The summed E-state index contributed by atoms with van der Waals surface area (Å²) in [5.41, 5.74) is 6.52. The third-order valence-electron chi connectivity index (χ3n) is 2.79. The lowest BCUT2D eigenvalue weighted by Crippen LogP contribution is -2.11. The summed E-state index contributed by atoms with van der Waals surface area (Å²) < 4.78 is 15.1. The molecule has 0 spiro atoms. The maximum atomic E-state index is 13.1. The number of halogens is 1. The van der Waals surface area contributed by atoms with Crippen LogP contribution in [0.15, 0.2) is 24.3 Å². The SMILES string of the molecule is CCCn1c(CN)nnc1Cc1cccc(F)c1. The van der Waals surface area contributed by atoms with E-state index in [-0.39, 0.29) is 5.82 Å². The predicted octanol–water partition coefficient (Wildman–Crippen LogP) is 1.88. The molecule has 96 valence electrons. The van der Waals surface area contributed by atoms with Crippen molar-refractivity contribution in [1.82, 2.24) is 14.8 Å². The van der Waals surface area contributed by atoms with Crippen LogP contribution in [-0.4, -0.2) is 14.8 Å². The third-order valence-corrected chi connectivity index (χ3v) is 2.79. The summed E-state index contributed by atoms with van der Waals surface area (Å²) in [6, 6.07) is 6.55. The van der Waals surface area contributed by atoms with Crippen molar-refractivity contribution >= 4 is 0 Å². The topological polar surface area (TPSA) is 56.7 Å². The van der Waals surface area contributed by atoms with E-state index in [1.54, 1.807) is 6.07 Å². The average molecular weight is 248 g/mol. The van der Waals surface area contributed by atoms with Crippen molar-refractivity contribution in [1.29, 1.82) is 0 Å². The maximum absolute atomic E-state index is 13.1. The first-order valence-corrected chi connectivity index (χ1v) is 6.10. The van der Waals surface area contributed by atoms with Gasteiger partial charge in [-0.05, 0) is 24.1 Å². The smallest absolute Gasteiger partial charge is 0.146 e. The van der Waals surface area contributed by atoms with Crippen LogP contribution in [0, 0.1) is 5.82 Å². The van der Waals surface area contributed by atoms with Crippen molar-refractivity contribution in [2.24, 2.45) is 5.73 Å². The molecule has 0 fully saturated rings. The van der Waals surface area contributed by atoms with Gasteiger partial charge in [0.1, 0.15) is 17.5 Å². The van der Waals surface area contributed by atoms with E-state index >= 15 is 0 Å². The molecule has 1 heterocycles. The van der Waals surface area contributed by atoms with Crippen molar-refractivity contribution < 1.29 is 4.39 Å². The lowest BCUT2D eigenvalue weighted by molar-refractivity contribution is 0.611. The van der Waals surface area contributed by atoms with Crippen LogP contribution in [0.1, 0.15) is 30.6 Å². The van der Waals surface area contributed by atoms with Crippen LogP contribution in [0.2, 0.25) is 0 Å². The van der Waals surface area contributed by atoms with Crippen LogP contribution < -0.4 is 5.73 Å². The van der Waals surface area contributed by atoms with Crippen LogP contribution >= 0.6 is 0 Å². The van der Waals surface area contributed by atoms with E-state index in [4.69, 9.17) is 5.73 Å². The summed E-state index contributed by atoms with van der Waals surface area (Å²) in [4.78, 5) is 0. The molecule has 0 saturated heterocycles. The normalized spacial score (nSPS) is 10.8. The summed E-state index contributed by atoms with van der Waals surface area (Å²) in [7, 11) is 0. The van der Waals surface area contributed by atoms with Gasteiger partial charge in [-0.2, -0.15) is 0 Å². The van der Waals surface area contributed by atoms with Crippen LogP contribution in [0.25, 0.3) is 0 Å². The van der Waals surface area contributed by atoms with Gasteiger partial charge in [0.25, 0.3) is 0 Å². The second-order valence-electron chi connectivity index (χ2n) is 4.19. The number of benzene rings is 1. The van der Waals surface area contributed by atoms with Crippen LogP contribution in [-0.2, 0) is 19.5 Å². The molecule has 2 N–H and O–H groups in total. The molecule has 0 amide bonds. The molecule has 18 heavy (non-hydrogen) atoms. The highest BCUT2D eigenvalue weighted by Crippen LogP contribution is 2.11. The van der Waals surface area contributed by atoms with Gasteiger partial charge in [0, 0.05) is 13.0 Å². The second-order valence-corrected chi connectivity index (χ2v) is 4.19. The number of hydrogen-bond donors (Lipinski definition) is 1. The third kappa shape index (κ3) is 2.73.